The number of esters is 1. The number of aliphatic carboxylic acids is 1. The van der Waals surface area contributed by atoms with E-state index in [0.717, 1.165) is 32.1 Å². The maximum atomic E-state index is 12.7. The van der Waals surface area contributed by atoms with Gasteiger partial charge in [-0.3, -0.25) is 9.59 Å². The molecule has 0 spiro atoms. The first-order valence-corrected chi connectivity index (χ1v) is 18.4. The van der Waals surface area contributed by atoms with Gasteiger partial charge in [0.1, 0.15) is 0 Å². The Bertz CT molecular complexity index is 559. The van der Waals surface area contributed by atoms with E-state index in [4.69, 9.17) is 9.84 Å². The summed E-state index contributed by atoms with van der Waals surface area (Å²) in [6, 6.07) is 0. The van der Waals surface area contributed by atoms with E-state index in [-0.39, 0.29) is 18.0 Å². The van der Waals surface area contributed by atoms with E-state index in [0.29, 0.717) is 6.42 Å². The van der Waals surface area contributed by atoms with Gasteiger partial charge >= 0.3 is 11.9 Å². The van der Waals surface area contributed by atoms with Gasteiger partial charge in [0.25, 0.3) is 0 Å². The van der Waals surface area contributed by atoms with Gasteiger partial charge in [0.2, 0.25) is 0 Å². The van der Waals surface area contributed by atoms with Crippen molar-refractivity contribution in [1.29, 1.82) is 0 Å². The zero-order valence-corrected chi connectivity index (χ0v) is 28.0. The molecule has 41 heavy (non-hydrogen) atoms. The number of hydrogen-bond acceptors (Lipinski definition) is 3. The van der Waals surface area contributed by atoms with Crippen molar-refractivity contribution < 1.29 is 19.4 Å². The molecule has 0 bridgehead atoms. The highest BCUT2D eigenvalue weighted by atomic mass is 16.5. The van der Waals surface area contributed by atoms with Crippen molar-refractivity contribution in [2.75, 3.05) is 0 Å². The molecule has 4 nitrogen and oxygen atoms in total. The first kappa shape index (κ1) is 39.9. The van der Waals surface area contributed by atoms with Crippen LogP contribution in [0.1, 0.15) is 213 Å². The number of carboxylic acid groups (broad SMARTS) is 1. The normalized spacial score (nSPS) is 12.2. The van der Waals surface area contributed by atoms with E-state index in [1.54, 1.807) is 0 Å². The highest BCUT2D eigenvalue weighted by Gasteiger charge is 2.20. The topological polar surface area (TPSA) is 63.6 Å². The molecule has 1 atom stereocenters. The molecule has 0 aliphatic carbocycles. The third kappa shape index (κ3) is 31.7. The Kier molecular flexibility index (Phi) is 31.0. The molecule has 1 N–H and O–H groups in total. The van der Waals surface area contributed by atoms with Crippen LogP contribution in [0.2, 0.25) is 0 Å². The second-order valence-electron chi connectivity index (χ2n) is 13.1. The van der Waals surface area contributed by atoms with Crippen LogP contribution in [0, 0.1) is 5.92 Å². The first-order valence-electron chi connectivity index (χ1n) is 18.4. The van der Waals surface area contributed by atoms with Gasteiger partial charge in [0.15, 0.2) is 0 Å². The minimum absolute atomic E-state index is 0.0117. The molecule has 0 amide bonds. The van der Waals surface area contributed by atoms with Gasteiger partial charge in [-0.05, 0) is 33.1 Å². The van der Waals surface area contributed by atoms with E-state index in [1.807, 2.05) is 13.8 Å². The highest BCUT2D eigenvalue weighted by Crippen LogP contribution is 2.22. The third-order valence-corrected chi connectivity index (χ3v) is 8.53. The minimum atomic E-state index is -0.664. The fourth-order valence-electron chi connectivity index (χ4n) is 5.91. The lowest BCUT2D eigenvalue weighted by Gasteiger charge is -2.18. The standard InChI is InChI=1S/C37H72O4/c1-4-5-6-7-8-9-10-16-19-22-25-28-31-35(37(40)41-34(2)3)32-29-26-23-20-17-14-12-11-13-15-18-21-24-27-30-33-36(38)39/h34-35H,4-33H2,1-3H3,(H,38,39). The van der Waals surface area contributed by atoms with Crippen molar-refractivity contribution in [3.63, 3.8) is 0 Å². The molecule has 4 heteroatoms. The molecule has 1 unspecified atom stereocenters. The predicted octanol–water partition coefficient (Wildman–Crippen LogP) is 12.4. The first-order chi connectivity index (χ1) is 20.0. The summed E-state index contributed by atoms with van der Waals surface area (Å²) in [6.45, 7) is 6.21. The van der Waals surface area contributed by atoms with Crippen molar-refractivity contribution in [3.8, 4) is 0 Å². The molecule has 0 heterocycles. The van der Waals surface area contributed by atoms with Crippen LogP contribution in [0.25, 0.3) is 0 Å². The lowest BCUT2D eigenvalue weighted by molar-refractivity contribution is -0.153. The number of carbonyl (C=O) groups excluding carboxylic acids is 1. The molecular formula is C37H72O4. The number of rotatable bonds is 33. The van der Waals surface area contributed by atoms with E-state index in [1.165, 1.54) is 154 Å². The van der Waals surface area contributed by atoms with Crippen LogP contribution in [0.4, 0.5) is 0 Å². The molecule has 0 radical (unpaired) electrons. The van der Waals surface area contributed by atoms with Gasteiger partial charge in [-0.1, -0.05) is 174 Å². The summed E-state index contributed by atoms with van der Waals surface area (Å²) >= 11 is 0. The summed E-state index contributed by atoms with van der Waals surface area (Å²) in [6.07, 6.45) is 37.4. The Morgan fingerprint density at radius 3 is 1.07 bits per heavy atom. The maximum Gasteiger partial charge on any atom is 0.309 e. The molecule has 0 fully saturated rings. The predicted molar refractivity (Wildman–Crippen MR) is 177 cm³/mol. The molecule has 0 saturated carbocycles. The van der Waals surface area contributed by atoms with Crippen LogP contribution in [0.5, 0.6) is 0 Å². The van der Waals surface area contributed by atoms with Crippen LogP contribution >= 0.6 is 0 Å². The van der Waals surface area contributed by atoms with E-state index in [2.05, 4.69) is 6.92 Å². The monoisotopic (exact) mass is 581 g/mol. The van der Waals surface area contributed by atoms with Gasteiger partial charge in [-0.25, -0.2) is 0 Å². The van der Waals surface area contributed by atoms with E-state index in [9.17, 15) is 9.59 Å². The molecule has 0 rings (SSSR count). The zero-order chi connectivity index (χ0) is 30.2. The van der Waals surface area contributed by atoms with Crippen molar-refractivity contribution in [2.24, 2.45) is 5.92 Å². The molecule has 0 aliphatic heterocycles. The van der Waals surface area contributed by atoms with Gasteiger partial charge in [-0.15, -0.1) is 0 Å². The lowest BCUT2D eigenvalue weighted by Crippen LogP contribution is -2.21. The van der Waals surface area contributed by atoms with Crippen LogP contribution in [-0.4, -0.2) is 23.1 Å². The molecule has 0 aromatic heterocycles. The highest BCUT2D eigenvalue weighted by molar-refractivity contribution is 5.72. The van der Waals surface area contributed by atoms with Gasteiger partial charge < -0.3 is 9.84 Å². The largest absolute Gasteiger partial charge is 0.481 e. The van der Waals surface area contributed by atoms with Gasteiger partial charge in [0, 0.05) is 6.42 Å². The molecule has 0 aromatic carbocycles. The fraction of sp³-hybridized carbons (Fsp3) is 0.946. The molecule has 0 aliphatic rings. The fourth-order valence-corrected chi connectivity index (χ4v) is 5.91. The second-order valence-corrected chi connectivity index (χ2v) is 13.1. The zero-order valence-electron chi connectivity index (χ0n) is 28.0. The quantitative estimate of drug-likeness (QED) is 0.0619. The van der Waals surface area contributed by atoms with Crippen LogP contribution < -0.4 is 0 Å². The third-order valence-electron chi connectivity index (χ3n) is 8.53. The summed E-state index contributed by atoms with van der Waals surface area (Å²) in [5.74, 6) is -0.519. The molecule has 0 aromatic rings. The molecule has 244 valence electrons. The van der Waals surface area contributed by atoms with Crippen LogP contribution in [0.3, 0.4) is 0 Å². The average molecular weight is 581 g/mol. The Balaban J connectivity index is 3.68. The summed E-state index contributed by atoms with van der Waals surface area (Å²) < 4.78 is 5.60. The van der Waals surface area contributed by atoms with Crippen molar-refractivity contribution in [3.05, 3.63) is 0 Å². The van der Waals surface area contributed by atoms with E-state index >= 15 is 0 Å². The smallest absolute Gasteiger partial charge is 0.309 e. The second kappa shape index (κ2) is 31.9. The Labute approximate surface area is 256 Å². The summed E-state index contributed by atoms with van der Waals surface area (Å²) in [7, 11) is 0. The average Bonchev–Trinajstić information content (AvgIpc) is 2.93. The van der Waals surface area contributed by atoms with Crippen molar-refractivity contribution in [2.45, 2.75) is 219 Å². The van der Waals surface area contributed by atoms with Crippen molar-refractivity contribution >= 4 is 11.9 Å². The molecule has 0 saturated heterocycles. The van der Waals surface area contributed by atoms with Crippen molar-refractivity contribution in [1.82, 2.24) is 0 Å². The number of carbonyl (C=O) groups is 2. The molecular weight excluding hydrogens is 508 g/mol. The summed E-state index contributed by atoms with van der Waals surface area (Å²) in [5.41, 5.74) is 0. The Hall–Kier alpha value is -1.06. The number of unbranched alkanes of at least 4 members (excludes halogenated alkanes) is 25. The van der Waals surface area contributed by atoms with Gasteiger partial charge in [-0.2, -0.15) is 0 Å². The Morgan fingerprint density at radius 2 is 0.780 bits per heavy atom. The summed E-state index contributed by atoms with van der Waals surface area (Å²) in [5, 5.41) is 8.65. The Morgan fingerprint density at radius 1 is 0.488 bits per heavy atom. The maximum absolute atomic E-state index is 12.7. The van der Waals surface area contributed by atoms with E-state index < -0.39 is 5.97 Å². The number of hydrogen-bond donors (Lipinski definition) is 1. The SMILES string of the molecule is CCCCCCCCCCCCCCC(CCCCCCCCCCCCCCCCCC(=O)O)C(=O)OC(C)C. The number of ether oxygens (including phenoxy) is 1. The van der Waals surface area contributed by atoms with Gasteiger partial charge in [0.05, 0.1) is 12.0 Å². The lowest BCUT2D eigenvalue weighted by atomic mass is 9.94. The van der Waals surface area contributed by atoms with Crippen LogP contribution in [0.15, 0.2) is 0 Å². The number of carboxylic acids is 1. The minimum Gasteiger partial charge on any atom is -0.481 e. The summed E-state index contributed by atoms with van der Waals surface area (Å²) in [4.78, 5) is 23.2. The van der Waals surface area contributed by atoms with Crippen LogP contribution in [-0.2, 0) is 14.3 Å².